The molecule has 0 saturated carbocycles. The van der Waals surface area contributed by atoms with E-state index in [0.717, 1.165) is 21.3 Å². The summed E-state index contributed by atoms with van der Waals surface area (Å²) in [5.41, 5.74) is 2.90. The molecule has 5 rings (SSSR count). The van der Waals surface area contributed by atoms with Crippen LogP contribution in [0.3, 0.4) is 0 Å². The summed E-state index contributed by atoms with van der Waals surface area (Å²) in [5.74, 6) is -1.24. The maximum atomic E-state index is 13.2. The highest BCUT2D eigenvalue weighted by Crippen LogP contribution is 2.44. The number of fused-ring (bicyclic) bond motifs is 1. The fourth-order valence-electron chi connectivity index (χ4n) is 3.75. The molecule has 150 valence electrons. The first-order valence-corrected chi connectivity index (χ1v) is 10.9. The van der Waals surface area contributed by atoms with Gasteiger partial charge in [0.15, 0.2) is 10.9 Å². The zero-order chi connectivity index (χ0) is 21.0. The summed E-state index contributed by atoms with van der Waals surface area (Å²) in [4.78, 5) is 32.8. The molecule has 1 unspecified atom stereocenters. The van der Waals surface area contributed by atoms with Crippen LogP contribution in [0.25, 0.3) is 10.2 Å². The molecule has 1 amide bonds. The van der Waals surface area contributed by atoms with Crippen LogP contribution in [-0.4, -0.2) is 21.8 Å². The highest BCUT2D eigenvalue weighted by Gasteiger charge is 2.47. The number of aryl methyl sites for hydroxylation is 2. The number of aliphatic hydroxyl groups is 1. The Labute approximate surface area is 179 Å². The van der Waals surface area contributed by atoms with Crippen molar-refractivity contribution in [2.75, 3.05) is 4.90 Å². The second-order valence-corrected chi connectivity index (χ2v) is 9.04. The number of hydrogen-bond acceptors (Lipinski definition) is 7. The zero-order valence-corrected chi connectivity index (χ0v) is 17.7. The van der Waals surface area contributed by atoms with Gasteiger partial charge in [0.05, 0.1) is 26.9 Å². The summed E-state index contributed by atoms with van der Waals surface area (Å²) in [6.07, 6.45) is 1.48. The molecule has 1 aliphatic heterocycles. The number of benzene rings is 1. The van der Waals surface area contributed by atoms with E-state index in [4.69, 9.17) is 4.42 Å². The topological polar surface area (TPSA) is 83.6 Å². The minimum absolute atomic E-state index is 0.00422. The molecule has 0 saturated heterocycles. The van der Waals surface area contributed by atoms with Gasteiger partial charge in [-0.25, -0.2) is 4.98 Å². The van der Waals surface area contributed by atoms with Gasteiger partial charge in [-0.1, -0.05) is 23.5 Å². The number of carbonyl (C=O) groups excluding carboxylic acids is 2. The van der Waals surface area contributed by atoms with Crippen LogP contribution in [0.2, 0.25) is 0 Å². The Kier molecular flexibility index (Phi) is 4.34. The molecule has 0 bridgehead atoms. The number of ketones is 1. The van der Waals surface area contributed by atoms with Crippen molar-refractivity contribution in [1.82, 2.24) is 4.98 Å². The fraction of sp³-hybridized carbons (Fsp3) is 0.136. The molecule has 1 atom stereocenters. The van der Waals surface area contributed by atoms with Crippen molar-refractivity contribution in [1.29, 1.82) is 0 Å². The molecular weight excluding hydrogens is 420 g/mol. The van der Waals surface area contributed by atoms with Crippen LogP contribution in [0.4, 0.5) is 5.13 Å². The van der Waals surface area contributed by atoms with Crippen molar-refractivity contribution in [3.63, 3.8) is 0 Å². The van der Waals surface area contributed by atoms with Crippen LogP contribution in [0, 0.1) is 13.8 Å². The van der Waals surface area contributed by atoms with Gasteiger partial charge in [-0.05, 0) is 54.6 Å². The molecule has 1 N–H and O–H groups in total. The van der Waals surface area contributed by atoms with Crippen molar-refractivity contribution < 1.29 is 19.1 Å². The van der Waals surface area contributed by atoms with Crippen molar-refractivity contribution in [2.45, 2.75) is 19.9 Å². The SMILES string of the molecule is Cc1cc(C)c2nc(N3C(=O)C(O)=C(C(=O)c4cccs4)C3c3ccco3)sc2c1. The maximum Gasteiger partial charge on any atom is 0.296 e. The molecular formula is C22H16N2O4S2. The van der Waals surface area contributed by atoms with Crippen LogP contribution < -0.4 is 4.90 Å². The quantitative estimate of drug-likeness (QED) is 0.436. The van der Waals surface area contributed by atoms with E-state index < -0.39 is 23.5 Å². The first-order valence-electron chi connectivity index (χ1n) is 9.22. The van der Waals surface area contributed by atoms with Gasteiger partial charge in [0.25, 0.3) is 5.91 Å². The van der Waals surface area contributed by atoms with E-state index in [0.29, 0.717) is 15.8 Å². The van der Waals surface area contributed by atoms with Gasteiger partial charge in [-0.3, -0.25) is 14.5 Å². The Hall–Kier alpha value is -3.23. The smallest absolute Gasteiger partial charge is 0.296 e. The number of furan rings is 1. The molecule has 0 aliphatic carbocycles. The van der Waals surface area contributed by atoms with E-state index in [1.165, 1.54) is 33.8 Å². The van der Waals surface area contributed by atoms with E-state index in [1.807, 2.05) is 26.0 Å². The first-order chi connectivity index (χ1) is 14.5. The normalized spacial score (nSPS) is 16.8. The van der Waals surface area contributed by atoms with E-state index in [9.17, 15) is 14.7 Å². The van der Waals surface area contributed by atoms with Gasteiger partial charge >= 0.3 is 0 Å². The highest BCUT2D eigenvalue weighted by atomic mass is 32.1. The number of thiazole rings is 1. The molecule has 6 nitrogen and oxygen atoms in total. The summed E-state index contributed by atoms with van der Waals surface area (Å²) >= 11 is 2.60. The van der Waals surface area contributed by atoms with Gasteiger partial charge in [0.1, 0.15) is 11.8 Å². The predicted octanol–water partition coefficient (Wildman–Crippen LogP) is 5.35. The number of anilines is 1. The van der Waals surface area contributed by atoms with E-state index >= 15 is 0 Å². The van der Waals surface area contributed by atoms with Gasteiger partial charge in [0.2, 0.25) is 5.78 Å². The number of thiophene rings is 1. The van der Waals surface area contributed by atoms with Gasteiger partial charge < -0.3 is 9.52 Å². The summed E-state index contributed by atoms with van der Waals surface area (Å²) < 4.78 is 6.51. The van der Waals surface area contributed by atoms with E-state index in [1.54, 1.807) is 29.6 Å². The maximum absolute atomic E-state index is 13.2. The number of amides is 1. The molecule has 8 heteroatoms. The van der Waals surface area contributed by atoms with Crippen molar-refractivity contribution in [3.05, 3.63) is 81.1 Å². The number of Topliss-reactive ketones (excluding diaryl/α,β-unsaturated/α-hetero) is 1. The summed E-state index contributed by atoms with van der Waals surface area (Å²) in [5, 5.41) is 12.9. The van der Waals surface area contributed by atoms with Crippen molar-refractivity contribution in [2.24, 2.45) is 0 Å². The molecule has 1 aromatic carbocycles. The monoisotopic (exact) mass is 436 g/mol. The minimum Gasteiger partial charge on any atom is -0.503 e. The van der Waals surface area contributed by atoms with E-state index in [2.05, 4.69) is 4.98 Å². The number of aromatic nitrogens is 1. The Morgan fingerprint density at radius 1 is 1.23 bits per heavy atom. The third kappa shape index (κ3) is 2.79. The Balaban J connectivity index is 1.68. The van der Waals surface area contributed by atoms with Crippen LogP contribution in [0.1, 0.15) is 32.6 Å². The average molecular weight is 437 g/mol. The molecule has 0 spiro atoms. The number of carbonyl (C=O) groups is 2. The predicted molar refractivity (Wildman–Crippen MR) is 116 cm³/mol. The molecule has 4 aromatic rings. The largest absolute Gasteiger partial charge is 0.503 e. The van der Waals surface area contributed by atoms with Gasteiger partial charge in [0, 0.05) is 0 Å². The Morgan fingerprint density at radius 3 is 2.77 bits per heavy atom. The molecule has 0 fully saturated rings. The second kappa shape index (κ2) is 6.93. The summed E-state index contributed by atoms with van der Waals surface area (Å²) in [6, 6.07) is 9.96. The molecule has 3 aromatic heterocycles. The van der Waals surface area contributed by atoms with Crippen LogP contribution in [0.15, 0.2) is 63.8 Å². The molecule has 0 radical (unpaired) electrons. The summed E-state index contributed by atoms with van der Waals surface area (Å²) in [6.45, 7) is 3.97. The molecule has 4 heterocycles. The number of aliphatic hydroxyl groups excluding tert-OH is 1. The van der Waals surface area contributed by atoms with Crippen molar-refractivity contribution in [3.8, 4) is 0 Å². The van der Waals surface area contributed by atoms with Crippen LogP contribution >= 0.6 is 22.7 Å². The lowest BCUT2D eigenvalue weighted by Gasteiger charge is -2.22. The van der Waals surface area contributed by atoms with Gasteiger partial charge in [-0.15, -0.1) is 11.3 Å². The lowest BCUT2D eigenvalue weighted by molar-refractivity contribution is -0.117. The second-order valence-electron chi connectivity index (χ2n) is 7.09. The van der Waals surface area contributed by atoms with E-state index in [-0.39, 0.29) is 5.57 Å². The highest BCUT2D eigenvalue weighted by molar-refractivity contribution is 7.22. The lowest BCUT2D eigenvalue weighted by Crippen LogP contribution is -2.30. The Morgan fingerprint density at radius 2 is 2.07 bits per heavy atom. The third-order valence-corrected chi connectivity index (χ3v) is 6.91. The van der Waals surface area contributed by atoms with Crippen LogP contribution in [0.5, 0.6) is 0 Å². The number of rotatable bonds is 4. The lowest BCUT2D eigenvalue weighted by atomic mass is 10.0. The zero-order valence-electron chi connectivity index (χ0n) is 16.1. The third-order valence-electron chi connectivity index (χ3n) is 5.04. The number of hydrogen-bond donors (Lipinski definition) is 1. The average Bonchev–Trinajstić information content (AvgIpc) is 3.49. The molecule has 1 aliphatic rings. The first kappa shape index (κ1) is 18.8. The van der Waals surface area contributed by atoms with Crippen LogP contribution in [-0.2, 0) is 4.79 Å². The summed E-state index contributed by atoms with van der Waals surface area (Å²) in [7, 11) is 0. The number of nitrogens with zero attached hydrogens (tertiary/aromatic N) is 2. The Bertz CT molecular complexity index is 1320. The fourth-order valence-corrected chi connectivity index (χ4v) is 5.60. The van der Waals surface area contributed by atoms with Crippen molar-refractivity contribution >= 4 is 49.7 Å². The van der Waals surface area contributed by atoms with Gasteiger partial charge in [-0.2, -0.15) is 0 Å². The minimum atomic E-state index is -0.885. The standard InChI is InChI=1S/C22H16N2O4S2/c1-11-9-12(2)17-15(10-11)30-22(23-17)24-18(13-5-3-7-28-13)16(20(26)21(24)27)19(25)14-6-4-8-29-14/h3-10,18,26H,1-2H3. The molecule has 30 heavy (non-hydrogen) atoms.